The van der Waals surface area contributed by atoms with Crippen LogP contribution in [0.2, 0.25) is 0 Å². The zero-order chi connectivity index (χ0) is 12.3. The van der Waals surface area contributed by atoms with E-state index in [4.69, 9.17) is 4.74 Å². The average Bonchev–Trinajstić information content (AvgIpc) is 2.39. The number of pyridine rings is 1. The Morgan fingerprint density at radius 1 is 1.12 bits per heavy atom. The van der Waals surface area contributed by atoms with Crippen molar-refractivity contribution in [2.24, 2.45) is 0 Å². The van der Waals surface area contributed by atoms with Crippen molar-refractivity contribution in [2.75, 3.05) is 7.11 Å². The van der Waals surface area contributed by atoms with Crippen molar-refractivity contribution < 1.29 is 4.74 Å². The Morgan fingerprint density at radius 2 is 1.94 bits per heavy atom. The minimum Gasteiger partial charge on any atom is -0.481 e. The van der Waals surface area contributed by atoms with E-state index in [1.807, 2.05) is 12.1 Å². The Labute approximate surface area is 101 Å². The Hall–Kier alpha value is -1.97. The molecule has 2 aromatic rings. The second-order valence-corrected chi connectivity index (χ2v) is 4.07. The van der Waals surface area contributed by atoms with Crippen molar-refractivity contribution in [3.05, 3.63) is 36.4 Å². The summed E-state index contributed by atoms with van der Waals surface area (Å²) in [5.41, 5.74) is 2.77. The van der Waals surface area contributed by atoms with Gasteiger partial charge in [-0.25, -0.2) is 9.97 Å². The largest absolute Gasteiger partial charge is 0.481 e. The number of rotatable bonds is 3. The molecule has 0 aliphatic heterocycles. The van der Waals surface area contributed by atoms with Crippen LogP contribution < -0.4 is 4.74 Å². The van der Waals surface area contributed by atoms with Crippen molar-refractivity contribution in [1.82, 2.24) is 15.0 Å². The maximum atomic E-state index is 5.02. The normalized spacial score (nSPS) is 10.6. The summed E-state index contributed by atoms with van der Waals surface area (Å²) in [6.07, 6.45) is 5.29. The van der Waals surface area contributed by atoms with E-state index < -0.39 is 0 Å². The first-order valence-electron chi connectivity index (χ1n) is 5.53. The molecule has 0 atom stereocenters. The molecule has 0 saturated heterocycles. The van der Waals surface area contributed by atoms with Gasteiger partial charge in [0.25, 0.3) is 0 Å². The third-order valence-electron chi connectivity index (χ3n) is 2.49. The van der Waals surface area contributed by atoms with Gasteiger partial charge in [0.15, 0.2) is 0 Å². The molecule has 0 aliphatic rings. The van der Waals surface area contributed by atoms with Gasteiger partial charge >= 0.3 is 0 Å². The zero-order valence-electron chi connectivity index (χ0n) is 10.2. The summed E-state index contributed by atoms with van der Waals surface area (Å²) in [7, 11) is 1.60. The maximum absolute atomic E-state index is 5.02. The van der Waals surface area contributed by atoms with Gasteiger partial charge in [0.1, 0.15) is 0 Å². The standard InChI is InChI=1S/C13H15N3O/c1-9(2)11-7-14-8-12(16-11)10-4-5-13(17-3)15-6-10/h4-9H,1-3H3. The molecule has 4 heteroatoms. The van der Waals surface area contributed by atoms with E-state index in [9.17, 15) is 0 Å². The highest BCUT2D eigenvalue weighted by molar-refractivity contribution is 5.57. The summed E-state index contributed by atoms with van der Waals surface area (Å²) >= 11 is 0. The summed E-state index contributed by atoms with van der Waals surface area (Å²) in [5, 5.41) is 0. The smallest absolute Gasteiger partial charge is 0.212 e. The lowest BCUT2D eigenvalue weighted by atomic mass is 10.1. The topological polar surface area (TPSA) is 47.9 Å². The Bertz CT molecular complexity index is 494. The van der Waals surface area contributed by atoms with Crippen LogP contribution in [0.4, 0.5) is 0 Å². The minimum atomic E-state index is 0.369. The Kier molecular flexibility index (Phi) is 3.32. The quantitative estimate of drug-likeness (QED) is 0.811. The second kappa shape index (κ2) is 4.91. The van der Waals surface area contributed by atoms with Crippen LogP contribution in [0.5, 0.6) is 5.88 Å². The molecule has 0 aromatic carbocycles. The number of hydrogen-bond donors (Lipinski definition) is 0. The molecule has 0 N–H and O–H groups in total. The van der Waals surface area contributed by atoms with Crippen molar-refractivity contribution in [2.45, 2.75) is 19.8 Å². The van der Waals surface area contributed by atoms with E-state index in [0.717, 1.165) is 17.0 Å². The highest BCUT2D eigenvalue weighted by atomic mass is 16.5. The van der Waals surface area contributed by atoms with Gasteiger partial charge in [-0.1, -0.05) is 13.8 Å². The van der Waals surface area contributed by atoms with E-state index in [0.29, 0.717) is 11.8 Å². The van der Waals surface area contributed by atoms with Crippen LogP contribution in [0, 0.1) is 0 Å². The monoisotopic (exact) mass is 229 g/mol. The lowest BCUT2D eigenvalue weighted by Gasteiger charge is -2.06. The number of hydrogen-bond acceptors (Lipinski definition) is 4. The fourth-order valence-corrected chi connectivity index (χ4v) is 1.45. The summed E-state index contributed by atoms with van der Waals surface area (Å²) in [4.78, 5) is 12.9. The maximum Gasteiger partial charge on any atom is 0.212 e. The van der Waals surface area contributed by atoms with Crippen molar-refractivity contribution in [3.8, 4) is 17.1 Å². The molecule has 0 bridgehead atoms. The number of ether oxygens (including phenoxy) is 1. The van der Waals surface area contributed by atoms with Crippen LogP contribution in [0.1, 0.15) is 25.5 Å². The molecule has 2 aromatic heterocycles. The van der Waals surface area contributed by atoms with E-state index in [-0.39, 0.29) is 0 Å². The third-order valence-corrected chi connectivity index (χ3v) is 2.49. The predicted molar refractivity (Wildman–Crippen MR) is 65.9 cm³/mol. The van der Waals surface area contributed by atoms with Crippen molar-refractivity contribution >= 4 is 0 Å². The molecule has 0 aliphatic carbocycles. The second-order valence-electron chi connectivity index (χ2n) is 4.07. The molecule has 17 heavy (non-hydrogen) atoms. The van der Waals surface area contributed by atoms with Gasteiger partial charge in [0, 0.05) is 24.0 Å². The number of aromatic nitrogens is 3. The van der Waals surface area contributed by atoms with Gasteiger partial charge in [-0.3, -0.25) is 4.98 Å². The van der Waals surface area contributed by atoms with Gasteiger partial charge in [0.05, 0.1) is 24.7 Å². The van der Waals surface area contributed by atoms with Gasteiger partial charge in [-0.2, -0.15) is 0 Å². The molecule has 0 unspecified atom stereocenters. The average molecular weight is 229 g/mol. The van der Waals surface area contributed by atoms with Crippen LogP contribution in [-0.4, -0.2) is 22.1 Å². The summed E-state index contributed by atoms with van der Waals surface area (Å²) in [6, 6.07) is 3.75. The molecule has 0 spiro atoms. The van der Waals surface area contributed by atoms with E-state index in [1.165, 1.54) is 0 Å². The van der Waals surface area contributed by atoms with Gasteiger partial charge in [-0.15, -0.1) is 0 Å². The summed E-state index contributed by atoms with van der Waals surface area (Å²) in [5.74, 6) is 0.968. The van der Waals surface area contributed by atoms with Gasteiger partial charge in [-0.05, 0) is 12.0 Å². The molecular weight excluding hydrogens is 214 g/mol. The Morgan fingerprint density at radius 3 is 2.53 bits per heavy atom. The summed E-state index contributed by atoms with van der Waals surface area (Å²) < 4.78 is 5.02. The molecule has 0 fully saturated rings. The fourth-order valence-electron chi connectivity index (χ4n) is 1.45. The van der Waals surface area contributed by atoms with E-state index in [1.54, 1.807) is 25.7 Å². The number of methoxy groups -OCH3 is 1. The van der Waals surface area contributed by atoms with E-state index >= 15 is 0 Å². The lowest BCUT2D eigenvalue weighted by molar-refractivity contribution is 0.398. The van der Waals surface area contributed by atoms with Gasteiger partial charge < -0.3 is 4.74 Å². The van der Waals surface area contributed by atoms with Crippen LogP contribution in [0.15, 0.2) is 30.7 Å². The molecule has 0 amide bonds. The first kappa shape index (κ1) is 11.5. The highest BCUT2D eigenvalue weighted by Gasteiger charge is 2.05. The number of nitrogens with zero attached hydrogens (tertiary/aromatic N) is 3. The first-order chi connectivity index (χ1) is 8.20. The highest BCUT2D eigenvalue weighted by Crippen LogP contribution is 2.19. The molecule has 88 valence electrons. The SMILES string of the molecule is COc1ccc(-c2cncc(C(C)C)n2)cn1. The van der Waals surface area contributed by atoms with Crippen LogP contribution in [-0.2, 0) is 0 Å². The molecule has 2 rings (SSSR count). The third kappa shape index (κ3) is 2.58. The minimum absolute atomic E-state index is 0.369. The van der Waals surface area contributed by atoms with Crippen molar-refractivity contribution in [3.63, 3.8) is 0 Å². The molecule has 4 nitrogen and oxygen atoms in total. The van der Waals surface area contributed by atoms with Gasteiger partial charge in [0.2, 0.25) is 5.88 Å². The molecule has 0 radical (unpaired) electrons. The lowest BCUT2D eigenvalue weighted by Crippen LogP contribution is -1.96. The Balaban J connectivity index is 2.35. The molecule has 0 saturated carbocycles. The van der Waals surface area contributed by atoms with Crippen LogP contribution in [0.25, 0.3) is 11.3 Å². The molecular formula is C13H15N3O. The van der Waals surface area contributed by atoms with Crippen molar-refractivity contribution in [1.29, 1.82) is 0 Å². The first-order valence-corrected chi connectivity index (χ1v) is 5.53. The molecule has 2 heterocycles. The van der Waals surface area contributed by atoms with E-state index in [2.05, 4.69) is 28.8 Å². The summed E-state index contributed by atoms with van der Waals surface area (Å²) in [6.45, 7) is 4.19. The zero-order valence-corrected chi connectivity index (χ0v) is 10.2. The fraction of sp³-hybridized carbons (Fsp3) is 0.308. The van der Waals surface area contributed by atoms with Crippen LogP contribution >= 0.6 is 0 Å². The predicted octanol–water partition coefficient (Wildman–Crippen LogP) is 2.67. The van der Waals surface area contributed by atoms with Crippen LogP contribution in [0.3, 0.4) is 0 Å².